The van der Waals surface area contributed by atoms with E-state index in [0.717, 1.165) is 27.6 Å². The molecule has 0 fully saturated rings. The standard InChI is InChI=1S/C29H32FN3O6S/c1-4-25(29(35)31-3)32(18-21-7-5-20(2)6-8-21)28(34)19-33(23-11-9-22(30)10-12-23)40(36,37)24-13-14-26-27(17-24)39-16-15-38-26/h5-14,17,25H,4,15-16,18-19H2,1-3H3,(H,31,35)/t25-/m1/s1. The smallest absolute Gasteiger partial charge is 0.264 e. The molecule has 3 aromatic carbocycles. The van der Waals surface area contributed by atoms with Gasteiger partial charge in [0.15, 0.2) is 11.5 Å². The maximum Gasteiger partial charge on any atom is 0.264 e. The molecule has 0 radical (unpaired) electrons. The lowest BCUT2D eigenvalue weighted by Gasteiger charge is -2.33. The molecule has 212 valence electrons. The minimum Gasteiger partial charge on any atom is -0.486 e. The topological polar surface area (TPSA) is 105 Å². The Labute approximate surface area is 233 Å². The molecule has 1 atom stereocenters. The van der Waals surface area contributed by atoms with Gasteiger partial charge in [0.1, 0.15) is 31.6 Å². The van der Waals surface area contributed by atoms with E-state index in [1.165, 1.54) is 42.3 Å². The van der Waals surface area contributed by atoms with Crippen molar-refractivity contribution in [2.24, 2.45) is 0 Å². The van der Waals surface area contributed by atoms with Crippen molar-refractivity contribution in [1.29, 1.82) is 0 Å². The van der Waals surface area contributed by atoms with Gasteiger partial charge in [-0.15, -0.1) is 0 Å². The summed E-state index contributed by atoms with van der Waals surface area (Å²) < 4.78 is 53.7. The fourth-order valence-corrected chi connectivity index (χ4v) is 5.85. The first-order valence-corrected chi connectivity index (χ1v) is 14.3. The summed E-state index contributed by atoms with van der Waals surface area (Å²) in [6.45, 7) is 3.79. The van der Waals surface area contributed by atoms with Crippen LogP contribution in [0.3, 0.4) is 0 Å². The van der Waals surface area contributed by atoms with Crippen LogP contribution in [0.15, 0.2) is 71.6 Å². The Hall–Kier alpha value is -4.12. The molecule has 1 aliphatic heterocycles. The van der Waals surface area contributed by atoms with Crippen LogP contribution < -0.4 is 19.1 Å². The Bertz CT molecular complexity index is 1460. The van der Waals surface area contributed by atoms with Crippen LogP contribution >= 0.6 is 0 Å². The number of hydrogen-bond donors (Lipinski definition) is 1. The van der Waals surface area contributed by atoms with Crippen molar-refractivity contribution in [3.05, 3.63) is 83.7 Å². The minimum absolute atomic E-state index is 0.0897. The number of sulfonamides is 1. The average molecular weight is 570 g/mol. The van der Waals surface area contributed by atoms with E-state index in [1.54, 1.807) is 6.92 Å². The van der Waals surface area contributed by atoms with Crippen LogP contribution in [0.2, 0.25) is 0 Å². The van der Waals surface area contributed by atoms with E-state index in [1.807, 2.05) is 31.2 Å². The lowest BCUT2D eigenvalue weighted by atomic mass is 10.1. The van der Waals surface area contributed by atoms with Crippen LogP contribution in [0, 0.1) is 12.7 Å². The quantitative estimate of drug-likeness (QED) is 0.400. The van der Waals surface area contributed by atoms with Crippen molar-refractivity contribution < 1.29 is 31.9 Å². The third-order valence-electron chi connectivity index (χ3n) is 6.60. The van der Waals surface area contributed by atoms with E-state index in [-0.39, 0.29) is 35.4 Å². The van der Waals surface area contributed by atoms with Gasteiger partial charge >= 0.3 is 0 Å². The Kier molecular flexibility index (Phi) is 8.93. The van der Waals surface area contributed by atoms with E-state index >= 15 is 0 Å². The highest BCUT2D eigenvalue weighted by Crippen LogP contribution is 2.34. The molecule has 0 aromatic heterocycles. The molecule has 0 unspecified atom stereocenters. The zero-order chi connectivity index (χ0) is 28.9. The average Bonchev–Trinajstić information content (AvgIpc) is 2.96. The molecule has 0 spiro atoms. The molecule has 0 bridgehead atoms. The SMILES string of the molecule is CC[C@H](C(=O)NC)N(Cc1ccc(C)cc1)C(=O)CN(c1ccc(F)cc1)S(=O)(=O)c1ccc2c(c1)OCCO2. The fraction of sp³-hybridized carbons (Fsp3) is 0.310. The van der Waals surface area contributed by atoms with E-state index < -0.39 is 34.3 Å². The van der Waals surface area contributed by atoms with Crippen molar-refractivity contribution in [3.8, 4) is 11.5 Å². The van der Waals surface area contributed by atoms with Crippen molar-refractivity contribution in [1.82, 2.24) is 10.2 Å². The van der Waals surface area contributed by atoms with Gasteiger partial charge in [-0.3, -0.25) is 13.9 Å². The summed E-state index contributed by atoms with van der Waals surface area (Å²) in [5.41, 5.74) is 1.91. The molecule has 3 aromatic rings. The Morgan fingerprint density at radius 1 is 0.975 bits per heavy atom. The fourth-order valence-electron chi connectivity index (χ4n) is 4.42. The van der Waals surface area contributed by atoms with Gasteiger partial charge in [-0.25, -0.2) is 12.8 Å². The van der Waals surface area contributed by atoms with E-state index in [2.05, 4.69) is 5.32 Å². The highest BCUT2D eigenvalue weighted by molar-refractivity contribution is 7.92. The van der Waals surface area contributed by atoms with Crippen LogP contribution in [0.1, 0.15) is 24.5 Å². The van der Waals surface area contributed by atoms with Crippen LogP contribution in [0.25, 0.3) is 0 Å². The first-order chi connectivity index (χ1) is 19.1. The van der Waals surface area contributed by atoms with Gasteiger partial charge in [-0.05, 0) is 55.3 Å². The minimum atomic E-state index is -4.34. The van der Waals surface area contributed by atoms with E-state index in [0.29, 0.717) is 18.8 Å². The number of nitrogens with one attached hydrogen (secondary N) is 1. The highest BCUT2D eigenvalue weighted by Gasteiger charge is 2.34. The molecule has 0 aliphatic carbocycles. The lowest BCUT2D eigenvalue weighted by molar-refractivity contribution is -0.140. The van der Waals surface area contributed by atoms with Crippen molar-refractivity contribution in [2.75, 3.05) is 31.1 Å². The Morgan fingerprint density at radius 2 is 1.62 bits per heavy atom. The van der Waals surface area contributed by atoms with Crippen LogP contribution in [0.4, 0.5) is 10.1 Å². The molecule has 0 saturated carbocycles. The first-order valence-electron chi connectivity index (χ1n) is 12.9. The van der Waals surface area contributed by atoms with E-state index in [9.17, 15) is 22.4 Å². The number of carbonyl (C=O) groups is 2. The molecular formula is C29H32FN3O6S. The first kappa shape index (κ1) is 28.9. The zero-order valence-corrected chi connectivity index (χ0v) is 23.4. The summed E-state index contributed by atoms with van der Waals surface area (Å²) in [6, 6.07) is 15.7. The van der Waals surface area contributed by atoms with E-state index in [4.69, 9.17) is 9.47 Å². The number of halogens is 1. The number of carbonyl (C=O) groups excluding carboxylic acids is 2. The summed E-state index contributed by atoms with van der Waals surface area (Å²) in [4.78, 5) is 27.9. The Balaban J connectivity index is 1.74. The van der Waals surface area contributed by atoms with Gasteiger partial charge in [-0.1, -0.05) is 36.8 Å². The number of likely N-dealkylation sites (N-methyl/N-ethyl adjacent to an activating group) is 1. The second kappa shape index (κ2) is 12.4. The molecule has 4 rings (SSSR count). The number of amides is 2. The van der Waals surface area contributed by atoms with Crippen LogP contribution in [-0.4, -0.2) is 58.0 Å². The van der Waals surface area contributed by atoms with Crippen molar-refractivity contribution >= 4 is 27.5 Å². The Morgan fingerprint density at radius 3 is 2.25 bits per heavy atom. The van der Waals surface area contributed by atoms with Gasteiger partial charge in [0.2, 0.25) is 11.8 Å². The molecule has 40 heavy (non-hydrogen) atoms. The molecule has 1 aliphatic rings. The largest absolute Gasteiger partial charge is 0.486 e. The lowest BCUT2D eigenvalue weighted by Crippen LogP contribution is -2.51. The monoisotopic (exact) mass is 569 g/mol. The second-order valence-corrected chi connectivity index (χ2v) is 11.2. The second-order valence-electron chi connectivity index (χ2n) is 9.34. The van der Waals surface area contributed by atoms with Crippen molar-refractivity contribution in [3.63, 3.8) is 0 Å². The van der Waals surface area contributed by atoms with Gasteiger partial charge in [0.25, 0.3) is 10.0 Å². The summed E-state index contributed by atoms with van der Waals surface area (Å²) in [6.07, 6.45) is 0.308. The predicted octanol–water partition coefficient (Wildman–Crippen LogP) is 3.65. The number of hydrogen-bond acceptors (Lipinski definition) is 6. The normalized spacial score (nSPS) is 13.3. The maximum absolute atomic E-state index is 14.0. The molecule has 1 heterocycles. The summed E-state index contributed by atoms with van der Waals surface area (Å²) >= 11 is 0. The van der Waals surface area contributed by atoms with Crippen LogP contribution in [-0.2, 0) is 26.2 Å². The number of aryl methyl sites for hydroxylation is 1. The molecule has 2 amide bonds. The summed E-state index contributed by atoms with van der Waals surface area (Å²) in [5, 5.41) is 2.59. The summed E-state index contributed by atoms with van der Waals surface area (Å²) in [5.74, 6) is -0.842. The predicted molar refractivity (Wildman–Crippen MR) is 148 cm³/mol. The number of nitrogens with zero attached hydrogens (tertiary/aromatic N) is 2. The number of fused-ring (bicyclic) bond motifs is 1. The summed E-state index contributed by atoms with van der Waals surface area (Å²) in [7, 11) is -2.86. The molecule has 9 nitrogen and oxygen atoms in total. The number of anilines is 1. The van der Waals surface area contributed by atoms with Crippen molar-refractivity contribution in [2.45, 2.75) is 37.8 Å². The van der Waals surface area contributed by atoms with Gasteiger partial charge in [0, 0.05) is 19.7 Å². The molecular weight excluding hydrogens is 537 g/mol. The highest BCUT2D eigenvalue weighted by atomic mass is 32.2. The number of ether oxygens (including phenoxy) is 2. The number of rotatable bonds is 10. The zero-order valence-electron chi connectivity index (χ0n) is 22.6. The maximum atomic E-state index is 14.0. The number of benzene rings is 3. The molecule has 0 saturated heterocycles. The van der Waals surface area contributed by atoms with Gasteiger partial charge in [0.05, 0.1) is 10.6 Å². The molecule has 11 heteroatoms. The third-order valence-corrected chi connectivity index (χ3v) is 8.37. The molecule has 1 N–H and O–H groups in total. The third kappa shape index (κ3) is 6.36. The van der Waals surface area contributed by atoms with Gasteiger partial charge in [-0.2, -0.15) is 0 Å². The van der Waals surface area contributed by atoms with Gasteiger partial charge < -0.3 is 19.7 Å². The van der Waals surface area contributed by atoms with Crippen LogP contribution in [0.5, 0.6) is 11.5 Å².